The normalized spacial score (nSPS) is 12.6. The summed E-state index contributed by atoms with van der Waals surface area (Å²) in [6, 6.07) is 11.0. The minimum atomic E-state index is 0.339. The van der Waals surface area contributed by atoms with E-state index >= 15 is 0 Å². The zero-order valence-corrected chi connectivity index (χ0v) is 13.0. The van der Waals surface area contributed by atoms with Crippen molar-refractivity contribution in [1.82, 2.24) is 15.1 Å². The number of hydrogen-bond acceptors (Lipinski definition) is 2. The summed E-state index contributed by atoms with van der Waals surface area (Å²) in [6.45, 7) is 0. The number of hydrogen-bond donors (Lipinski definition) is 1. The molecule has 2 aromatic rings. The Hall–Kier alpha value is -1.13. The van der Waals surface area contributed by atoms with Crippen molar-refractivity contribution in [2.24, 2.45) is 7.05 Å². The van der Waals surface area contributed by atoms with Crippen molar-refractivity contribution in [3.8, 4) is 0 Å². The van der Waals surface area contributed by atoms with Gasteiger partial charge in [0, 0.05) is 7.05 Å². The van der Waals surface area contributed by atoms with Gasteiger partial charge in [-0.2, -0.15) is 5.10 Å². The van der Waals surface area contributed by atoms with Gasteiger partial charge in [0.2, 0.25) is 0 Å². The van der Waals surface area contributed by atoms with Crippen LogP contribution in [0.4, 0.5) is 0 Å². The molecule has 4 heteroatoms. The third-order valence-corrected chi connectivity index (χ3v) is 4.03. The zero-order valence-electron chi connectivity index (χ0n) is 11.4. The molecule has 0 saturated carbocycles. The molecule has 1 atom stereocenters. The van der Waals surface area contributed by atoms with Crippen LogP contribution in [0.15, 0.2) is 41.0 Å². The number of benzene rings is 1. The van der Waals surface area contributed by atoms with Crippen LogP contribution in [0.25, 0.3) is 0 Å². The lowest BCUT2D eigenvalue weighted by Gasteiger charge is -2.17. The number of aromatic nitrogens is 2. The second-order valence-corrected chi connectivity index (χ2v) is 5.57. The fourth-order valence-corrected chi connectivity index (χ4v) is 3.01. The van der Waals surface area contributed by atoms with Crippen LogP contribution in [0, 0.1) is 0 Å². The molecular formula is C15H20BrN3. The first-order chi connectivity index (χ1) is 9.22. The van der Waals surface area contributed by atoms with E-state index in [1.54, 1.807) is 0 Å². The standard InChI is InChI=1S/C15H20BrN3/c1-17-14(15-13(16)11-18-19(15)2)10-6-9-12-7-4-3-5-8-12/h3-5,7-8,11,14,17H,6,9-10H2,1-2H3. The van der Waals surface area contributed by atoms with Gasteiger partial charge in [0.05, 0.1) is 22.4 Å². The molecule has 0 bridgehead atoms. The van der Waals surface area contributed by atoms with Gasteiger partial charge in [-0.05, 0) is 47.8 Å². The van der Waals surface area contributed by atoms with E-state index in [-0.39, 0.29) is 0 Å². The zero-order chi connectivity index (χ0) is 13.7. The molecule has 0 fully saturated rings. The summed E-state index contributed by atoms with van der Waals surface area (Å²) in [5, 5.41) is 7.66. The second kappa shape index (κ2) is 6.87. The Kier molecular flexibility index (Phi) is 5.16. The molecule has 0 aliphatic heterocycles. The van der Waals surface area contributed by atoms with Gasteiger partial charge < -0.3 is 5.32 Å². The Morgan fingerprint density at radius 3 is 2.63 bits per heavy atom. The molecule has 0 aliphatic carbocycles. The fourth-order valence-electron chi connectivity index (χ4n) is 2.38. The number of nitrogens with zero attached hydrogens (tertiary/aromatic N) is 2. The lowest BCUT2D eigenvalue weighted by molar-refractivity contribution is 0.489. The maximum atomic E-state index is 4.28. The maximum Gasteiger partial charge on any atom is 0.0692 e. The molecule has 102 valence electrons. The van der Waals surface area contributed by atoms with Crippen LogP contribution in [0.2, 0.25) is 0 Å². The Labute approximate surface area is 123 Å². The van der Waals surface area contributed by atoms with Gasteiger partial charge in [-0.3, -0.25) is 4.68 Å². The summed E-state index contributed by atoms with van der Waals surface area (Å²) < 4.78 is 3.02. The van der Waals surface area contributed by atoms with E-state index in [9.17, 15) is 0 Å². The van der Waals surface area contributed by atoms with Crippen LogP contribution in [0.3, 0.4) is 0 Å². The fraction of sp³-hybridized carbons (Fsp3) is 0.400. The van der Waals surface area contributed by atoms with Crippen LogP contribution < -0.4 is 5.32 Å². The summed E-state index contributed by atoms with van der Waals surface area (Å²) in [5.41, 5.74) is 2.62. The van der Waals surface area contributed by atoms with E-state index in [1.807, 2.05) is 25.0 Å². The summed E-state index contributed by atoms with van der Waals surface area (Å²) in [5.74, 6) is 0. The van der Waals surface area contributed by atoms with Crippen LogP contribution >= 0.6 is 15.9 Å². The van der Waals surface area contributed by atoms with E-state index in [0.717, 1.165) is 23.7 Å². The van der Waals surface area contributed by atoms with Gasteiger partial charge in [0.25, 0.3) is 0 Å². The number of aryl methyl sites for hydroxylation is 2. The molecule has 3 nitrogen and oxygen atoms in total. The molecule has 19 heavy (non-hydrogen) atoms. The highest BCUT2D eigenvalue weighted by molar-refractivity contribution is 9.10. The topological polar surface area (TPSA) is 29.9 Å². The minimum absolute atomic E-state index is 0.339. The lowest BCUT2D eigenvalue weighted by atomic mass is 10.0. The van der Waals surface area contributed by atoms with Crippen molar-refractivity contribution in [1.29, 1.82) is 0 Å². The Morgan fingerprint density at radius 1 is 1.32 bits per heavy atom. The predicted octanol–water partition coefficient (Wildman–Crippen LogP) is 3.47. The van der Waals surface area contributed by atoms with Crippen LogP contribution in [-0.4, -0.2) is 16.8 Å². The van der Waals surface area contributed by atoms with Gasteiger partial charge in [-0.15, -0.1) is 0 Å². The number of nitrogens with one attached hydrogen (secondary N) is 1. The molecule has 1 aromatic carbocycles. The average Bonchev–Trinajstić information content (AvgIpc) is 2.76. The molecule has 1 unspecified atom stereocenters. The molecule has 1 aromatic heterocycles. The first-order valence-corrected chi connectivity index (χ1v) is 7.40. The highest BCUT2D eigenvalue weighted by Gasteiger charge is 2.16. The van der Waals surface area contributed by atoms with E-state index in [0.29, 0.717) is 6.04 Å². The van der Waals surface area contributed by atoms with Gasteiger partial charge in [0.15, 0.2) is 0 Å². The molecule has 1 heterocycles. The molecule has 0 radical (unpaired) electrons. The molecule has 1 N–H and O–H groups in total. The van der Waals surface area contributed by atoms with Crippen LogP contribution in [0.1, 0.15) is 30.1 Å². The third-order valence-electron chi connectivity index (χ3n) is 3.42. The first-order valence-electron chi connectivity index (χ1n) is 6.61. The number of rotatable bonds is 6. The summed E-state index contributed by atoms with van der Waals surface area (Å²) in [4.78, 5) is 0. The Morgan fingerprint density at radius 2 is 2.05 bits per heavy atom. The molecule has 0 saturated heterocycles. The van der Waals surface area contributed by atoms with Crippen molar-refractivity contribution in [3.05, 3.63) is 52.3 Å². The molecule has 2 rings (SSSR count). The monoisotopic (exact) mass is 321 g/mol. The van der Waals surface area contributed by atoms with Crippen LogP contribution in [-0.2, 0) is 13.5 Å². The van der Waals surface area contributed by atoms with Crippen molar-refractivity contribution < 1.29 is 0 Å². The van der Waals surface area contributed by atoms with Crippen molar-refractivity contribution >= 4 is 15.9 Å². The highest BCUT2D eigenvalue weighted by Crippen LogP contribution is 2.26. The van der Waals surface area contributed by atoms with E-state index in [2.05, 4.69) is 56.7 Å². The Balaban J connectivity index is 1.94. The second-order valence-electron chi connectivity index (χ2n) is 4.72. The maximum absolute atomic E-state index is 4.28. The largest absolute Gasteiger partial charge is 0.312 e. The summed E-state index contributed by atoms with van der Waals surface area (Å²) in [6.07, 6.45) is 5.24. The number of halogens is 1. The van der Waals surface area contributed by atoms with Gasteiger partial charge in [-0.25, -0.2) is 0 Å². The SMILES string of the molecule is CNC(CCCc1ccccc1)c1c(Br)cnn1C. The van der Waals surface area contributed by atoms with Crippen LogP contribution in [0.5, 0.6) is 0 Å². The average molecular weight is 322 g/mol. The summed E-state index contributed by atoms with van der Waals surface area (Å²) >= 11 is 3.57. The van der Waals surface area contributed by atoms with E-state index in [4.69, 9.17) is 0 Å². The minimum Gasteiger partial charge on any atom is -0.312 e. The quantitative estimate of drug-likeness (QED) is 0.883. The highest BCUT2D eigenvalue weighted by atomic mass is 79.9. The van der Waals surface area contributed by atoms with Gasteiger partial charge in [-0.1, -0.05) is 30.3 Å². The smallest absolute Gasteiger partial charge is 0.0692 e. The summed E-state index contributed by atoms with van der Waals surface area (Å²) in [7, 11) is 3.99. The third kappa shape index (κ3) is 3.67. The van der Waals surface area contributed by atoms with Crippen molar-refractivity contribution in [2.75, 3.05) is 7.05 Å². The lowest BCUT2D eigenvalue weighted by Crippen LogP contribution is -2.20. The molecule has 0 spiro atoms. The molecule has 0 amide bonds. The predicted molar refractivity (Wildman–Crippen MR) is 82.1 cm³/mol. The first kappa shape index (κ1) is 14.3. The van der Waals surface area contributed by atoms with E-state index in [1.165, 1.54) is 11.3 Å². The van der Waals surface area contributed by atoms with E-state index < -0.39 is 0 Å². The molecular weight excluding hydrogens is 302 g/mol. The molecule has 0 aliphatic rings. The van der Waals surface area contributed by atoms with Crippen molar-refractivity contribution in [2.45, 2.75) is 25.3 Å². The van der Waals surface area contributed by atoms with Gasteiger partial charge in [0.1, 0.15) is 0 Å². The Bertz CT molecular complexity index is 488. The van der Waals surface area contributed by atoms with Gasteiger partial charge >= 0.3 is 0 Å². The van der Waals surface area contributed by atoms with Crippen molar-refractivity contribution in [3.63, 3.8) is 0 Å².